The Morgan fingerprint density at radius 1 is 1.14 bits per heavy atom. The van der Waals surface area contributed by atoms with E-state index in [0.717, 1.165) is 23.2 Å². The van der Waals surface area contributed by atoms with E-state index in [1.165, 1.54) is 11.8 Å². The summed E-state index contributed by atoms with van der Waals surface area (Å²) in [6, 6.07) is 12.1. The minimum Gasteiger partial charge on any atom is -0.462 e. The van der Waals surface area contributed by atoms with E-state index < -0.39 is 0 Å². The topological polar surface area (TPSA) is 64.1 Å². The van der Waals surface area contributed by atoms with Crippen LogP contribution in [-0.4, -0.2) is 22.5 Å². The first-order valence-electron chi connectivity index (χ1n) is 9.30. The van der Waals surface area contributed by atoms with Crippen molar-refractivity contribution >= 4 is 40.8 Å². The molecule has 5 nitrogen and oxygen atoms in total. The molecule has 2 aromatic heterocycles. The third-order valence-electron chi connectivity index (χ3n) is 4.37. The van der Waals surface area contributed by atoms with Gasteiger partial charge in [-0.25, -0.2) is 14.8 Å². The van der Waals surface area contributed by atoms with Gasteiger partial charge in [-0.15, -0.1) is 12.4 Å². The van der Waals surface area contributed by atoms with Crippen LogP contribution in [0.15, 0.2) is 42.6 Å². The third kappa shape index (κ3) is 4.78. The lowest BCUT2D eigenvalue weighted by Gasteiger charge is -2.15. The van der Waals surface area contributed by atoms with Crippen molar-refractivity contribution in [3.8, 4) is 0 Å². The first-order chi connectivity index (χ1) is 13.0. The fourth-order valence-electron chi connectivity index (χ4n) is 2.83. The molecule has 0 radical (unpaired) electrons. The number of aromatic nitrogens is 2. The molecule has 0 unspecified atom stereocenters. The molecule has 3 rings (SSSR count). The molecule has 0 aliphatic heterocycles. The van der Waals surface area contributed by atoms with Crippen LogP contribution >= 0.6 is 12.4 Å². The number of halogens is 1. The Bertz CT molecular complexity index is 956. The molecule has 0 fully saturated rings. The van der Waals surface area contributed by atoms with E-state index in [2.05, 4.69) is 41.3 Å². The molecule has 3 aromatic rings. The Kier molecular flexibility index (Phi) is 7.35. The van der Waals surface area contributed by atoms with Gasteiger partial charge in [-0.05, 0) is 49.1 Å². The number of rotatable bonds is 6. The largest absolute Gasteiger partial charge is 0.462 e. The first kappa shape index (κ1) is 21.6. The highest BCUT2D eigenvalue weighted by Gasteiger charge is 2.18. The zero-order valence-electron chi connectivity index (χ0n) is 16.7. The summed E-state index contributed by atoms with van der Waals surface area (Å²) >= 11 is 0. The number of carbonyl (C=O) groups excluding carboxylic acids is 1. The van der Waals surface area contributed by atoms with Gasteiger partial charge in [-0.2, -0.15) is 0 Å². The van der Waals surface area contributed by atoms with E-state index in [1.54, 1.807) is 0 Å². The van der Waals surface area contributed by atoms with E-state index >= 15 is 0 Å². The summed E-state index contributed by atoms with van der Waals surface area (Å²) < 4.78 is 5.34. The molecule has 0 aliphatic rings. The van der Waals surface area contributed by atoms with Crippen molar-refractivity contribution in [2.75, 3.05) is 11.9 Å². The highest BCUT2D eigenvalue weighted by Crippen LogP contribution is 2.30. The molecular formula is C22H26ClN3O2. The molecule has 1 N–H and O–H groups in total. The van der Waals surface area contributed by atoms with Gasteiger partial charge in [0, 0.05) is 23.0 Å². The summed E-state index contributed by atoms with van der Waals surface area (Å²) in [5, 5.41) is 4.17. The minimum atomic E-state index is -0.381. The van der Waals surface area contributed by atoms with E-state index in [9.17, 15) is 4.79 Å². The van der Waals surface area contributed by atoms with Crippen molar-refractivity contribution in [2.24, 2.45) is 0 Å². The molecule has 0 aliphatic carbocycles. The molecular weight excluding hydrogens is 374 g/mol. The van der Waals surface area contributed by atoms with Crippen LogP contribution in [0.2, 0.25) is 0 Å². The van der Waals surface area contributed by atoms with Gasteiger partial charge in [-0.3, -0.25) is 0 Å². The molecule has 2 heterocycles. The highest BCUT2D eigenvalue weighted by atomic mass is 35.5. The van der Waals surface area contributed by atoms with Crippen molar-refractivity contribution in [3.63, 3.8) is 0 Å². The predicted molar refractivity (Wildman–Crippen MR) is 116 cm³/mol. The average molecular weight is 400 g/mol. The molecule has 148 valence electrons. The van der Waals surface area contributed by atoms with Crippen molar-refractivity contribution in [1.82, 2.24) is 9.97 Å². The Labute approximate surface area is 172 Å². The Morgan fingerprint density at radius 3 is 2.50 bits per heavy atom. The maximum atomic E-state index is 12.5. The fourth-order valence-corrected chi connectivity index (χ4v) is 2.83. The number of nitrogens with one attached hydrogen (secondary N) is 1. The zero-order chi connectivity index (χ0) is 19.4. The van der Waals surface area contributed by atoms with Crippen molar-refractivity contribution in [1.29, 1.82) is 0 Å². The second-order valence-electron chi connectivity index (χ2n) is 6.91. The monoisotopic (exact) mass is 399 g/mol. The quantitative estimate of drug-likeness (QED) is 0.531. The number of hydrogen-bond acceptors (Lipinski definition) is 5. The Hall–Kier alpha value is -2.66. The number of benzene rings is 1. The average Bonchev–Trinajstić information content (AvgIpc) is 2.66. The number of carbonyl (C=O) groups is 1. The normalized spacial score (nSPS) is 10.6. The van der Waals surface area contributed by atoms with Gasteiger partial charge in [0.05, 0.1) is 12.3 Å². The lowest BCUT2D eigenvalue weighted by molar-refractivity contribution is 0.0506. The van der Waals surface area contributed by atoms with Gasteiger partial charge < -0.3 is 10.1 Å². The number of anilines is 2. The Morgan fingerprint density at radius 2 is 1.86 bits per heavy atom. The van der Waals surface area contributed by atoms with Crippen LogP contribution in [0.4, 0.5) is 11.4 Å². The van der Waals surface area contributed by atoms with Crippen LogP contribution in [-0.2, 0) is 4.74 Å². The van der Waals surface area contributed by atoms with E-state index in [-0.39, 0.29) is 18.4 Å². The molecule has 0 bridgehead atoms. The fraction of sp³-hybridized carbons (Fsp3) is 0.318. The number of aryl methyl sites for hydroxylation is 1. The standard InChI is InChI=1S/C22H25N3O2.ClH/c1-5-12-27-22(26)19-13-23-21-18(11-6-15(4)24-21)20(19)25-17-9-7-16(8-10-17)14(2)3;/h6-11,13-14H,5,12H2,1-4H3,(H,23,24,25);1H. The highest BCUT2D eigenvalue weighted by molar-refractivity contribution is 6.05. The molecule has 0 atom stereocenters. The maximum Gasteiger partial charge on any atom is 0.341 e. The van der Waals surface area contributed by atoms with Crippen LogP contribution in [0.1, 0.15) is 54.7 Å². The smallest absolute Gasteiger partial charge is 0.341 e. The van der Waals surface area contributed by atoms with Gasteiger partial charge in [0.1, 0.15) is 5.56 Å². The van der Waals surface area contributed by atoms with Crippen molar-refractivity contribution in [3.05, 3.63) is 59.4 Å². The second kappa shape index (κ2) is 9.51. The summed E-state index contributed by atoms with van der Waals surface area (Å²) in [6.07, 6.45) is 2.31. The number of hydrogen-bond donors (Lipinski definition) is 1. The second-order valence-corrected chi connectivity index (χ2v) is 6.91. The summed E-state index contributed by atoms with van der Waals surface area (Å²) in [6.45, 7) is 8.59. The summed E-state index contributed by atoms with van der Waals surface area (Å²) in [7, 11) is 0. The maximum absolute atomic E-state index is 12.5. The molecule has 0 saturated heterocycles. The third-order valence-corrected chi connectivity index (χ3v) is 4.37. The van der Waals surface area contributed by atoms with Crippen LogP contribution in [0.25, 0.3) is 11.0 Å². The summed E-state index contributed by atoms with van der Waals surface area (Å²) in [4.78, 5) is 21.4. The molecule has 28 heavy (non-hydrogen) atoms. The van der Waals surface area contributed by atoms with Gasteiger partial charge in [-0.1, -0.05) is 32.9 Å². The van der Waals surface area contributed by atoms with Crippen molar-refractivity contribution in [2.45, 2.75) is 40.0 Å². The van der Waals surface area contributed by atoms with E-state index in [4.69, 9.17) is 4.74 Å². The molecule has 6 heteroatoms. The number of esters is 1. The van der Waals surface area contributed by atoms with Gasteiger partial charge in [0.2, 0.25) is 0 Å². The van der Waals surface area contributed by atoms with E-state index in [0.29, 0.717) is 29.4 Å². The first-order valence-corrected chi connectivity index (χ1v) is 9.30. The SMILES string of the molecule is CCCOC(=O)c1cnc2nc(C)ccc2c1Nc1ccc(C(C)C)cc1.Cl. The van der Waals surface area contributed by atoms with Crippen LogP contribution in [0.5, 0.6) is 0 Å². The number of nitrogens with zero attached hydrogens (tertiary/aromatic N) is 2. The van der Waals surface area contributed by atoms with Gasteiger partial charge in [0.15, 0.2) is 5.65 Å². The minimum absolute atomic E-state index is 0. The lowest BCUT2D eigenvalue weighted by Crippen LogP contribution is -2.10. The number of ether oxygens (including phenoxy) is 1. The summed E-state index contributed by atoms with van der Waals surface area (Å²) in [5.41, 5.74) is 4.73. The van der Waals surface area contributed by atoms with Crippen LogP contribution in [0.3, 0.4) is 0 Å². The molecule has 0 amide bonds. The number of pyridine rings is 2. The van der Waals surface area contributed by atoms with Gasteiger partial charge in [0.25, 0.3) is 0 Å². The summed E-state index contributed by atoms with van der Waals surface area (Å²) in [5.74, 6) is 0.0840. The number of fused-ring (bicyclic) bond motifs is 1. The Balaban J connectivity index is 0.00000280. The van der Waals surface area contributed by atoms with E-state index in [1.807, 2.05) is 38.1 Å². The molecule has 0 saturated carbocycles. The van der Waals surface area contributed by atoms with Gasteiger partial charge >= 0.3 is 5.97 Å². The molecule has 0 spiro atoms. The van der Waals surface area contributed by atoms with Crippen molar-refractivity contribution < 1.29 is 9.53 Å². The lowest BCUT2D eigenvalue weighted by atomic mass is 10.0. The van der Waals surface area contributed by atoms with Crippen LogP contribution in [0, 0.1) is 6.92 Å². The van der Waals surface area contributed by atoms with Crippen LogP contribution < -0.4 is 5.32 Å². The predicted octanol–water partition coefficient (Wildman–Crippen LogP) is 5.79. The zero-order valence-corrected chi connectivity index (χ0v) is 17.5. The molecule has 1 aromatic carbocycles.